The van der Waals surface area contributed by atoms with Gasteiger partial charge in [0.05, 0.1) is 35.1 Å². The molecule has 0 unspecified atom stereocenters. The zero-order valence-corrected chi connectivity index (χ0v) is 28.0. The summed E-state index contributed by atoms with van der Waals surface area (Å²) < 4.78 is 21.3. The molecule has 0 saturated heterocycles. The Morgan fingerprint density at radius 2 is 1.57 bits per heavy atom. The van der Waals surface area contributed by atoms with Crippen molar-refractivity contribution < 1.29 is 19.0 Å². The lowest BCUT2D eigenvalue weighted by molar-refractivity contribution is -0.139. The number of thiazole rings is 1. The van der Waals surface area contributed by atoms with Gasteiger partial charge in [-0.2, -0.15) is 0 Å². The molecule has 0 spiro atoms. The van der Waals surface area contributed by atoms with Gasteiger partial charge >= 0.3 is 5.97 Å². The van der Waals surface area contributed by atoms with Gasteiger partial charge in [-0.3, -0.25) is 9.36 Å². The molecule has 47 heavy (non-hydrogen) atoms. The Morgan fingerprint density at radius 1 is 0.894 bits per heavy atom. The lowest BCUT2D eigenvalue weighted by Crippen LogP contribution is -2.39. The predicted molar refractivity (Wildman–Crippen MR) is 184 cm³/mol. The van der Waals surface area contributed by atoms with Crippen LogP contribution < -0.4 is 24.4 Å². The Kier molecular flexibility index (Phi) is 9.26. The predicted octanol–water partition coefficient (Wildman–Crippen LogP) is 6.18. The van der Waals surface area contributed by atoms with Crippen LogP contribution in [-0.2, 0) is 16.1 Å². The van der Waals surface area contributed by atoms with E-state index in [-0.39, 0.29) is 12.2 Å². The molecule has 3 heterocycles. The Bertz CT molecular complexity index is 2120. The summed E-state index contributed by atoms with van der Waals surface area (Å²) in [4.78, 5) is 32.6. The van der Waals surface area contributed by atoms with Crippen LogP contribution in [0.3, 0.4) is 0 Å². The van der Waals surface area contributed by atoms with E-state index in [1.165, 1.54) is 11.3 Å². The molecule has 0 fully saturated rings. The maximum Gasteiger partial charge on any atom is 0.338 e. The number of carbonyl (C=O) groups is 1. The highest BCUT2D eigenvalue weighted by atomic mass is 32.1. The first kappa shape index (κ1) is 31.8. The Balaban J connectivity index is 1.36. The molecule has 0 saturated carbocycles. The third kappa shape index (κ3) is 6.44. The van der Waals surface area contributed by atoms with Gasteiger partial charge in [0.1, 0.15) is 18.1 Å². The zero-order chi connectivity index (χ0) is 33.1. The average molecular weight is 648 g/mol. The largest absolute Gasteiger partial charge is 0.494 e. The summed E-state index contributed by atoms with van der Waals surface area (Å²) in [6.45, 7) is 10.8. The molecule has 0 radical (unpaired) electrons. The van der Waals surface area contributed by atoms with E-state index in [9.17, 15) is 9.59 Å². The number of hydrogen-bond acceptors (Lipinski definition) is 7. The standard InChI is InChI=1S/C38H37N3O5S/c1-6-44-31-17-13-28(14-18-31)35-34(37(43)45-7-2)25(4)39-38-41(35)36(42)33(47-38)22-29-21-24(3)40(26(29)5)30-15-19-32(20-16-30)46-23-27-11-9-8-10-12-27/h8-22,35H,6-7,23H2,1-5H3/b33-22-/t35-/m1/s1. The van der Waals surface area contributed by atoms with Crippen LogP contribution in [0.15, 0.2) is 106 Å². The smallest absolute Gasteiger partial charge is 0.338 e. The molecular formula is C38H37N3O5S. The Morgan fingerprint density at radius 3 is 2.26 bits per heavy atom. The van der Waals surface area contributed by atoms with E-state index < -0.39 is 12.0 Å². The van der Waals surface area contributed by atoms with Crippen LogP contribution in [0, 0.1) is 13.8 Å². The summed E-state index contributed by atoms with van der Waals surface area (Å²) in [5.74, 6) is 1.02. The van der Waals surface area contributed by atoms with Crippen LogP contribution in [0.25, 0.3) is 11.8 Å². The highest BCUT2D eigenvalue weighted by molar-refractivity contribution is 7.07. The van der Waals surface area contributed by atoms with Gasteiger partial charge in [-0.25, -0.2) is 9.79 Å². The topological polar surface area (TPSA) is 84.0 Å². The van der Waals surface area contributed by atoms with Crippen molar-refractivity contribution in [1.29, 1.82) is 0 Å². The maximum atomic E-state index is 14.1. The fourth-order valence-electron chi connectivity index (χ4n) is 5.92. The molecule has 3 aromatic carbocycles. The molecular weight excluding hydrogens is 611 g/mol. The minimum atomic E-state index is -0.682. The minimum Gasteiger partial charge on any atom is -0.494 e. The SMILES string of the molecule is CCOC(=O)C1=C(C)N=c2s/c(=C\c3cc(C)n(-c4ccc(OCc5ccccc5)cc4)c3C)c(=O)n2[C@@H]1c1ccc(OCC)cc1. The number of ether oxygens (including phenoxy) is 3. The summed E-state index contributed by atoms with van der Waals surface area (Å²) in [7, 11) is 0. The van der Waals surface area contributed by atoms with Crippen molar-refractivity contribution in [2.75, 3.05) is 13.2 Å². The number of esters is 1. The van der Waals surface area contributed by atoms with E-state index in [2.05, 4.69) is 10.6 Å². The van der Waals surface area contributed by atoms with E-state index in [4.69, 9.17) is 19.2 Å². The number of rotatable bonds is 10. The molecule has 5 aromatic rings. The lowest BCUT2D eigenvalue weighted by Gasteiger charge is -2.24. The summed E-state index contributed by atoms with van der Waals surface area (Å²) in [6, 6.07) is 27.0. The van der Waals surface area contributed by atoms with Crippen LogP contribution in [0.1, 0.15) is 54.9 Å². The quantitative estimate of drug-likeness (QED) is 0.169. The third-order valence-corrected chi connectivity index (χ3v) is 9.11. The molecule has 0 bridgehead atoms. The van der Waals surface area contributed by atoms with Gasteiger partial charge in [-0.1, -0.05) is 53.8 Å². The molecule has 1 aliphatic heterocycles. The second-order valence-electron chi connectivity index (χ2n) is 11.2. The van der Waals surface area contributed by atoms with Gasteiger partial charge in [-0.15, -0.1) is 0 Å². The second kappa shape index (κ2) is 13.7. The Labute approximate surface area is 277 Å². The average Bonchev–Trinajstić information content (AvgIpc) is 3.53. The zero-order valence-electron chi connectivity index (χ0n) is 27.2. The number of hydrogen-bond donors (Lipinski definition) is 0. The van der Waals surface area contributed by atoms with Gasteiger partial charge in [0.2, 0.25) is 0 Å². The van der Waals surface area contributed by atoms with Crippen molar-refractivity contribution in [3.63, 3.8) is 0 Å². The van der Waals surface area contributed by atoms with Crippen LogP contribution >= 0.6 is 11.3 Å². The van der Waals surface area contributed by atoms with E-state index in [0.29, 0.717) is 39.6 Å². The fourth-order valence-corrected chi connectivity index (χ4v) is 6.96. The normalized spacial score (nSPS) is 14.5. The van der Waals surface area contributed by atoms with Crippen LogP contribution in [0.5, 0.6) is 11.5 Å². The van der Waals surface area contributed by atoms with Crippen molar-refractivity contribution in [3.8, 4) is 17.2 Å². The number of carbonyl (C=O) groups excluding carboxylic acids is 1. The first-order valence-electron chi connectivity index (χ1n) is 15.7. The summed E-state index contributed by atoms with van der Waals surface area (Å²) in [6.07, 6.45) is 1.92. The summed E-state index contributed by atoms with van der Waals surface area (Å²) >= 11 is 1.31. The first-order valence-corrected chi connectivity index (χ1v) is 16.5. The van der Waals surface area contributed by atoms with Gasteiger partial charge in [-0.05, 0) is 99.8 Å². The van der Waals surface area contributed by atoms with Crippen molar-refractivity contribution in [1.82, 2.24) is 9.13 Å². The lowest BCUT2D eigenvalue weighted by atomic mass is 9.96. The van der Waals surface area contributed by atoms with Crippen molar-refractivity contribution in [2.45, 2.75) is 47.3 Å². The number of nitrogens with zero attached hydrogens (tertiary/aromatic N) is 3. The van der Waals surface area contributed by atoms with Gasteiger partial charge in [0.15, 0.2) is 4.80 Å². The van der Waals surface area contributed by atoms with E-state index >= 15 is 0 Å². The highest BCUT2D eigenvalue weighted by Gasteiger charge is 2.33. The molecule has 9 heteroatoms. The van der Waals surface area contributed by atoms with Crippen LogP contribution in [0.4, 0.5) is 0 Å². The molecule has 1 aliphatic rings. The van der Waals surface area contributed by atoms with Crippen molar-refractivity contribution >= 4 is 23.4 Å². The molecule has 240 valence electrons. The van der Waals surface area contributed by atoms with Crippen molar-refractivity contribution in [3.05, 3.63) is 144 Å². The summed E-state index contributed by atoms with van der Waals surface area (Å²) in [5, 5.41) is 0. The van der Waals surface area contributed by atoms with Gasteiger partial charge < -0.3 is 18.8 Å². The van der Waals surface area contributed by atoms with Crippen molar-refractivity contribution in [2.24, 2.45) is 4.99 Å². The number of allylic oxidation sites excluding steroid dienone is 1. The number of fused-ring (bicyclic) bond motifs is 1. The third-order valence-electron chi connectivity index (χ3n) is 8.12. The molecule has 0 N–H and O–H groups in total. The number of benzene rings is 3. The number of aryl methyl sites for hydroxylation is 1. The van der Waals surface area contributed by atoms with Gasteiger partial charge in [0, 0.05) is 17.1 Å². The summed E-state index contributed by atoms with van der Waals surface area (Å²) in [5.41, 5.74) is 6.51. The maximum absolute atomic E-state index is 14.1. The fraction of sp³-hybridized carbons (Fsp3) is 0.237. The second-order valence-corrected chi connectivity index (χ2v) is 12.2. The molecule has 8 nitrogen and oxygen atoms in total. The minimum absolute atomic E-state index is 0.216. The highest BCUT2D eigenvalue weighted by Crippen LogP contribution is 2.32. The molecule has 0 aliphatic carbocycles. The van der Waals surface area contributed by atoms with E-state index in [1.807, 2.05) is 106 Å². The van der Waals surface area contributed by atoms with E-state index in [0.717, 1.165) is 39.5 Å². The Hall–Kier alpha value is -5.15. The monoisotopic (exact) mass is 647 g/mol. The molecule has 0 amide bonds. The number of aromatic nitrogens is 2. The molecule has 1 atom stereocenters. The first-order chi connectivity index (χ1) is 22.8. The molecule has 6 rings (SSSR count). The van der Waals surface area contributed by atoms with E-state index in [1.54, 1.807) is 18.4 Å². The molecule has 2 aromatic heterocycles. The van der Waals surface area contributed by atoms with Gasteiger partial charge in [0.25, 0.3) is 5.56 Å². The van der Waals surface area contributed by atoms with Crippen LogP contribution in [-0.4, -0.2) is 28.3 Å². The van der Waals surface area contributed by atoms with Crippen LogP contribution in [0.2, 0.25) is 0 Å².